The van der Waals surface area contributed by atoms with E-state index in [1.165, 1.54) is 6.20 Å². The van der Waals surface area contributed by atoms with Gasteiger partial charge in [-0.1, -0.05) is 33.6 Å². The molecule has 0 amide bonds. The van der Waals surface area contributed by atoms with Gasteiger partial charge in [-0.05, 0) is 49.7 Å². The van der Waals surface area contributed by atoms with Crippen LogP contribution in [0, 0.1) is 6.92 Å². The predicted octanol–water partition coefficient (Wildman–Crippen LogP) is 5.88. The maximum atomic E-state index is 12.4. The summed E-state index contributed by atoms with van der Waals surface area (Å²) in [5, 5.41) is 4.65. The van der Waals surface area contributed by atoms with E-state index in [1.54, 1.807) is 19.1 Å². The number of hydrogen-bond donors (Lipinski definition) is 1. The van der Waals surface area contributed by atoms with Crippen LogP contribution in [0.4, 0.5) is 11.4 Å². The first-order valence-corrected chi connectivity index (χ1v) is 8.95. The highest BCUT2D eigenvalue weighted by Crippen LogP contribution is 2.32. The fraction of sp³-hybridized carbons (Fsp3) is 0.158. The molecule has 3 rings (SSSR count). The number of benzene rings is 2. The third-order valence-corrected chi connectivity index (χ3v) is 4.86. The summed E-state index contributed by atoms with van der Waals surface area (Å²) in [6.45, 7) is 4.08. The third kappa shape index (κ3) is 3.78. The first-order chi connectivity index (χ1) is 12.0. The van der Waals surface area contributed by atoms with Crippen LogP contribution in [-0.4, -0.2) is 17.6 Å². The van der Waals surface area contributed by atoms with Crippen LogP contribution in [0.3, 0.4) is 0 Å². The van der Waals surface area contributed by atoms with Gasteiger partial charge in [0.25, 0.3) is 0 Å². The van der Waals surface area contributed by atoms with Crippen molar-refractivity contribution >= 4 is 55.8 Å². The molecular weight excluding hydrogens is 404 g/mol. The number of anilines is 2. The fourth-order valence-electron chi connectivity index (χ4n) is 2.48. The van der Waals surface area contributed by atoms with Crippen LogP contribution >= 0.6 is 27.5 Å². The number of ether oxygens (including phenoxy) is 1. The SMILES string of the molecule is CCOC(=O)c1cnc2ccc(Cl)cc2c1Nc1ccc(C)c(Br)c1. The van der Waals surface area contributed by atoms with Crippen molar-refractivity contribution in [1.29, 1.82) is 0 Å². The van der Waals surface area contributed by atoms with Crippen molar-refractivity contribution in [2.75, 3.05) is 11.9 Å². The van der Waals surface area contributed by atoms with E-state index < -0.39 is 5.97 Å². The van der Waals surface area contributed by atoms with Crippen LogP contribution in [0.2, 0.25) is 5.02 Å². The van der Waals surface area contributed by atoms with Crippen molar-refractivity contribution in [3.8, 4) is 0 Å². The van der Waals surface area contributed by atoms with E-state index in [0.717, 1.165) is 26.6 Å². The third-order valence-electron chi connectivity index (χ3n) is 3.77. The average molecular weight is 420 g/mol. The number of aromatic nitrogens is 1. The molecule has 1 heterocycles. The van der Waals surface area contributed by atoms with Gasteiger partial charge in [-0.2, -0.15) is 0 Å². The average Bonchev–Trinajstić information content (AvgIpc) is 2.58. The Morgan fingerprint density at radius 2 is 2.08 bits per heavy atom. The number of pyridine rings is 1. The number of hydrogen-bond acceptors (Lipinski definition) is 4. The molecule has 0 unspecified atom stereocenters. The highest BCUT2D eigenvalue weighted by atomic mass is 79.9. The summed E-state index contributed by atoms with van der Waals surface area (Å²) in [4.78, 5) is 16.7. The molecule has 0 bridgehead atoms. The monoisotopic (exact) mass is 418 g/mol. The first-order valence-electron chi connectivity index (χ1n) is 7.78. The smallest absolute Gasteiger partial charge is 0.341 e. The minimum Gasteiger partial charge on any atom is -0.462 e. The standard InChI is InChI=1S/C19H16BrClN2O2/c1-3-25-19(24)15-10-22-17-7-5-12(21)8-14(17)18(15)23-13-6-4-11(2)16(20)9-13/h4-10H,3H2,1-2H3,(H,22,23). The molecule has 6 heteroatoms. The Morgan fingerprint density at radius 3 is 2.80 bits per heavy atom. The molecule has 0 aliphatic carbocycles. The van der Waals surface area contributed by atoms with E-state index in [2.05, 4.69) is 26.2 Å². The molecule has 0 aliphatic rings. The number of halogens is 2. The zero-order chi connectivity index (χ0) is 18.0. The van der Waals surface area contributed by atoms with Crippen molar-refractivity contribution in [2.45, 2.75) is 13.8 Å². The van der Waals surface area contributed by atoms with Gasteiger partial charge < -0.3 is 10.1 Å². The molecule has 25 heavy (non-hydrogen) atoms. The van der Waals surface area contributed by atoms with Gasteiger partial charge in [-0.3, -0.25) is 4.98 Å². The van der Waals surface area contributed by atoms with E-state index in [1.807, 2.05) is 31.2 Å². The van der Waals surface area contributed by atoms with Crippen molar-refractivity contribution in [3.05, 3.63) is 63.2 Å². The largest absolute Gasteiger partial charge is 0.462 e. The van der Waals surface area contributed by atoms with Crippen molar-refractivity contribution < 1.29 is 9.53 Å². The number of nitrogens with one attached hydrogen (secondary N) is 1. The summed E-state index contributed by atoms with van der Waals surface area (Å²) >= 11 is 9.68. The lowest BCUT2D eigenvalue weighted by molar-refractivity contribution is 0.0527. The molecule has 0 spiro atoms. The molecule has 128 valence electrons. The van der Waals surface area contributed by atoms with Gasteiger partial charge >= 0.3 is 5.97 Å². The lowest BCUT2D eigenvalue weighted by Gasteiger charge is -2.15. The number of carbonyl (C=O) groups excluding carboxylic acids is 1. The fourth-order valence-corrected chi connectivity index (χ4v) is 3.03. The molecule has 0 saturated carbocycles. The van der Waals surface area contributed by atoms with E-state index >= 15 is 0 Å². The highest BCUT2D eigenvalue weighted by Gasteiger charge is 2.17. The summed E-state index contributed by atoms with van der Waals surface area (Å²) in [5.41, 5.74) is 3.70. The topological polar surface area (TPSA) is 51.2 Å². The Bertz CT molecular complexity index is 960. The number of rotatable bonds is 4. The predicted molar refractivity (Wildman–Crippen MR) is 105 cm³/mol. The minimum atomic E-state index is -0.425. The van der Waals surface area contributed by atoms with Crippen LogP contribution in [0.1, 0.15) is 22.8 Å². The Morgan fingerprint density at radius 1 is 1.28 bits per heavy atom. The minimum absolute atomic E-state index is 0.294. The Kier molecular flexibility index (Phi) is 5.25. The number of carbonyl (C=O) groups is 1. The van der Waals surface area contributed by atoms with E-state index in [0.29, 0.717) is 22.9 Å². The molecule has 2 aromatic carbocycles. The molecule has 0 radical (unpaired) electrons. The van der Waals surface area contributed by atoms with Crippen molar-refractivity contribution in [3.63, 3.8) is 0 Å². The van der Waals surface area contributed by atoms with Crippen LogP contribution in [0.5, 0.6) is 0 Å². The summed E-state index contributed by atoms with van der Waals surface area (Å²) in [6, 6.07) is 11.3. The van der Waals surface area contributed by atoms with Crippen molar-refractivity contribution in [2.24, 2.45) is 0 Å². The van der Waals surface area contributed by atoms with Gasteiger partial charge in [0.1, 0.15) is 5.56 Å². The summed E-state index contributed by atoms with van der Waals surface area (Å²) < 4.78 is 6.15. The zero-order valence-corrected chi connectivity index (χ0v) is 16.1. The molecule has 0 atom stereocenters. The van der Waals surface area contributed by atoms with Gasteiger partial charge in [-0.15, -0.1) is 0 Å². The number of nitrogens with zero attached hydrogens (tertiary/aromatic N) is 1. The van der Waals surface area contributed by atoms with E-state index in [4.69, 9.17) is 16.3 Å². The molecule has 1 N–H and O–H groups in total. The summed E-state index contributed by atoms with van der Waals surface area (Å²) in [5.74, 6) is -0.425. The Balaban J connectivity index is 2.17. The van der Waals surface area contributed by atoms with Gasteiger partial charge in [0, 0.05) is 26.8 Å². The highest BCUT2D eigenvalue weighted by molar-refractivity contribution is 9.10. The Hall–Kier alpha value is -2.11. The second-order valence-electron chi connectivity index (χ2n) is 5.52. The number of aryl methyl sites for hydroxylation is 1. The van der Waals surface area contributed by atoms with Crippen LogP contribution < -0.4 is 5.32 Å². The van der Waals surface area contributed by atoms with Crippen LogP contribution in [0.25, 0.3) is 10.9 Å². The first kappa shape index (κ1) is 17.7. The van der Waals surface area contributed by atoms with E-state index in [-0.39, 0.29) is 0 Å². The molecule has 1 aromatic heterocycles. The van der Waals surface area contributed by atoms with Gasteiger partial charge in [-0.25, -0.2) is 4.79 Å². The maximum Gasteiger partial charge on any atom is 0.341 e. The van der Waals surface area contributed by atoms with Crippen LogP contribution in [-0.2, 0) is 4.74 Å². The lowest BCUT2D eigenvalue weighted by atomic mass is 10.1. The molecule has 0 aliphatic heterocycles. The maximum absolute atomic E-state index is 12.4. The summed E-state index contributed by atoms with van der Waals surface area (Å²) in [6.07, 6.45) is 1.53. The van der Waals surface area contributed by atoms with Gasteiger partial charge in [0.2, 0.25) is 0 Å². The molecular formula is C19H16BrClN2O2. The quantitative estimate of drug-likeness (QED) is 0.537. The molecule has 3 aromatic rings. The zero-order valence-electron chi connectivity index (χ0n) is 13.8. The molecule has 0 fully saturated rings. The van der Waals surface area contributed by atoms with Crippen molar-refractivity contribution in [1.82, 2.24) is 4.98 Å². The second-order valence-corrected chi connectivity index (χ2v) is 6.81. The summed E-state index contributed by atoms with van der Waals surface area (Å²) in [7, 11) is 0. The van der Waals surface area contributed by atoms with E-state index in [9.17, 15) is 4.79 Å². The van der Waals surface area contributed by atoms with Gasteiger partial charge in [0.05, 0.1) is 17.8 Å². The number of fused-ring (bicyclic) bond motifs is 1. The number of esters is 1. The second kappa shape index (κ2) is 7.42. The van der Waals surface area contributed by atoms with Crippen LogP contribution in [0.15, 0.2) is 47.1 Å². The normalized spacial score (nSPS) is 10.7. The Labute approximate surface area is 159 Å². The van der Waals surface area contributed by atoms with Gasteiger partial charge in [0.15, 0.2) is 0 Å². The lowest BCUT2D eigenvalue weighted by Crippen LogP contribution is -2.09. The molecule has 0 saturated heterocycles. The molecule has 4 nitrogen and oxygen atoms in total.